The molecule has 0 radical (unpaired) electrons. The van der Waals surface area contributed by atoms with Crippen LogP contribution < -0.4 is 5.32 Å². The summed E-state index contributed by atoms with van der Waals surface area (Å²) in [6.45, 7) is 0. The lowest BCUT2D eigenvalue weighted by atomic mass is 10.1. The lowest BCUT2D eigenvalue weighted by Crippen LogP contribution is -2.18. The van der Waals surface area contributed by atoms with Crippen molar-refractivity contribution in [1.82, 2.24) is 15.3 Å². The molecule has 0 spiro atoms. The number of nitrogens with one attached hydrogen (secondary N) is 2. The van der Waals surface area contributed by atoms with Gasteiger partial charge in [0, 0.05) is 16.1 Å². The maximum absolute atomic E-state index is 4.53. The van der Waals surface area contributed by atoms with Gasteiger partial charge >= 0.3 is 0 Å². The zero-order valence-electron chi connectivity index (χ0n) is 9.86. The first-order valence-corrected chi connectivity index (χ1v) is 7.16. The molecule has 1 aliphatic heterocycles. The molecule has 18 heavy (non-hydrogen) atoms. The summed E-state index contributed by atoms with van der Waals surface area (Å²) in [4.78, 5) is 7.97. The Labute approximate surface area is 114 Å². The number of H-pyrrole nitrogens is 1. The van der Waals surface area contributed by atoms with E-state index in [0.29, 0.717) is 6.04 Å². The number of rotatable bonds is 2. The van der Waals surface area contributed by atoms with Crippen molar-refractivity contribution in [2.75, 3.05) is 0 Å². The molecular weight excluding hydrogens is 290 g/mol. The van der Waals surface area contributed by atoms with E-state index < -0.39 is 0 Å². The summed E-state index contributed by atoms with van der Waals surface area (Å²) >= 11 is 3.50. The third kappa shape index (κ3) is 1.80. The number of nitrogens with zero attached hydrogens (tertiary/aromatic N) is 1. The minimum absolute atomic E-state index is 0.426. The van der Waals surface area contributed by atoms with E-state index in [1.54, 1.807) is 0 Å². The largest absolute Gasteiger partial charge is 0.341 e. The average molecular weight is 304 g/mol. The van der Waals surface area contributed by atoms with Gasteiger partial charge < -0.3 is 10.3 Å². The maximum Gasteiger partial charge on any atom is 0.123 e. The Bertz CT molecular complexity index is 582. The van der Waals surface area contributed by atoms with Crippen LogP contribution >= 0.6 is 15.9 Å². The van der Waals surface area contributed by atoms with E-state index in [1.165, 1.54) is 18.4 Å². The highest BCUT2D eigenvalue weighted by Gasteiger charge is 2.46. The fraction of sp³-hybridized carbons (Fsp3) is 0.357. The number of benzene rings is 1. The second-order valence-corrected chi connectivity index (χ2v) is 6.17. The van der Waals surface area contributed by atoms with Gasteiger partial charge in [0.05, 0.1) is 17.9 Å². The Morgan fingerprint density at radius 3 is 3.00 bits per heavy atom. The Balaban J connectivity index is 1.61. The van der Waals surface area contributed by atoms with Crippen LogP contribution in [-0.4, -0.2) is 16.0 Å². The molecule has 92 valence electrons. The van der Waals surface area contributed by atoms with Crippen LogP contribution in [0.2, 0.25) is 0 Å². The lowest BCUT2D eigenvalue weighted by Gasteiger charge is -2.09. The minimum Gasteiger partial charge on any atom is -0.341 e. The second-order valence-electron chi connectivity index (χ2n) is 5.25. The van der Waals surface area contributed by atoms with Crippen molar-refractivity contribution in [3.05, 3.63) is 40.8 Å². The van der Waals surface area contributed by atoms with Gasteiger partial charge in [0.1, 0.15) is 5.82 Å². The van der Waals surface area contributed by atoms with Crippen LogP contribution in [0.25, 0.3) is 11.3 Å². The molecule has 0 bridgehead atoms. The number of hydrogen-bond donors (Lipinski definition) is 2. The fourth-order valence-corrected chi connectivity index (χ4v) is 3.25. The van der Waals surface area contributed by atoms with Crippen molar-refractivity contribution >= 4 is 15.9 Å². The third-order valence-corrected chi connectivity index (χ3v) is 4.43. The van der Waals surface area contributed by atoms with Crippen LogP contribution in [0.4, 0.5) is 0 Å². The quantitative estimate of drug-likeness (QED) is 0.894. The number of imidazole rings is 1. The fourth-order valence-electron chi connectivity index (χ4n) is 2.85. The normalized spacial score (nSPS) is 29.3. The molecule has 3 nitrogen and oxygen atoms in total. The molecule has 2 heterocycles. The van der Waals surface area contributed by atoms with Crippen LogP contribution in [0.1, 0.15) is 24.7 Å². The first-order chi connectivity index (χ1) is 8.79. The van der Waals surface area contributed by atoms with Gasteiger partial charge in [0.15, 0.2) is 0 Å². The van der Waals surface area contributed by atoms with Gasteiger partial charge in [-0.15, -0.1) is 0 Å². The van der Waals surface area contributed by atoms with Crippen molar-refractivity contribution < 1.29 is 0 Å². The van der Waals surface area contributed by atoms with Crippen molar-refractivity contribution in [3.8, 4) is 11.3 Å². The molecule has 1 aromatic carbocycles. The van der Waals surface area contributed by atoms with Gasteiger partial charge in [-0.25, -0.2) is 4.98 Å². The Morgan fingerprint density at radius 1 is 1.28 bits per heavy atom. The van der Waals surface area contributed by atoms with E-state index >= 15 is 0 Å². The van der Waals surface area contributed by atoms with Gasteiger partial charge in [-0.3, -0.25) is 0 Å². The molecule has 0 unspecified atom stereocenters. The standard InChI is InChI=1S/C14H14BrN3/c15-10-3-1-2-8(4-10)13-7-16-14(18-13)12-6-9-5-11(9)17-12/h1-4,7,9,11-12,17H,5-6H2,(H,16,18)/t9-,11-,12+/m1/s1. The monoisotopic (exact) mass is 303 g/mol. The SMILES string of the molecule is Brc1cccc(-c2cnc([C@@H]3C[C@H]4C[C@H]4N3)[nH]2)c1. The minimum atomic E-state index is 0.426. The Hall–Kier alpha value is -1.13. The molecule has 1 aromatic heterocycles. The second kappa shape index (κ2) is 3.93. The smallest absolute Gasteiger partial charge is 0.123 e. The Morgan fingerprint density at radius 2 is 2.22 bits per heavy atom. The molecule has 0 amide bonds. The predicted molar refractivity (Wildman–Crippen MR) is 74.1 cm³/mol. The maximum atomic E-state index is 4.53. The number of aromatic amines is 1. The molecule has 2 aliphatic rings. The molecule has 2 fully saturated rings. The zero-order valence-corrected chi connectivity index (χ0v) is 11.4. The van der Waals surface area contributed by atoms with E-state index in [0.717, 1.165) is 28.0 Å². The van der Waals surface area contributed by atoms with Crippen molar-refractivity contribution in [2.45, 2.75) is 24.9 Å². The lowest BCUT2D eigenvalue weighted by molar-refractivity contribution is 0.543. The number of piperidine rings is 1. The highest BCUT2D eigenvalue weighted by atomic mass is 79.9. The first-order valence-electron chi connectivity index (χ1n) is 6.36. The molecule has 1 aliphatic carbocycles. The molecule has 1 saturated carbocycles. The molecule has 4 rings (SSSR count). The topological polar surface area (TPSA) is 40.7 Å². The molecule has 4 heteroatoms. The number of aromatic nitrogens is 2. The summed E-state index contributed by atoms with van der Waals surface area (Å²) in [5.41, 5.74) is 2.26. The highest BCUT2D eigenvalue weighted by Crippen LogP contribution is 2.45. The van der Waals surface area contributed by atoms with E-state index in [2.05, 4.69) is 43.3 Å². The first kappa shape index (κ1) is 10.8. The van der Waals surface area contributed by atoms with Gasteiger partial charge in [-0.2, -0.15) is 0 Å². The summed E-state index contributed by atoms with van der Waals surface area (Å²) in [6.07, 6.45) is 4.52. The van der Waals surface area contributed by atoms with Crippen molar-refractivity contribution in [3.63, 3.8) is 0 Å². The van der Waals surface area contributed by atoms with Crippen LogP contribution in [0.3, 0.4) is 0 Å². The number of hydrogen-bond acceptors (Lipinski definition) is 2. The van der Waals surface area contributed by atoms with E-state index in [-0.39, 0.29) is 0 Å². The number of fused-ring (bicyclic) bond motifs is 1. The molecule has 2 N–H and O–H groups in total. The summed E-state index contributed by atoms with van der Waals surface area (Å²) in [5, 5.41) is 3.62. The predicted octanol–water partition coefficient (Wildman–Crippen LogP) is 3.26. The molecule has 1 saturated heterocycles. The Kier molecular flexibility index (Phi) is 2.35. The van der Waals surface area contributed by atoms with Gasteiger partial charge in [-0.1, -0.05) is 28.1 Å². The van der Waals surface area contributed by atoms with Crippen LogP contribution in [-0.2, 0) is 0 Å². The van der Waals surface area contributed by atoms with Gasteiger partial charge in [-0.05, 0) is 30.9 Å². The van der Waals surface area contributed by atoms with Crippen LogP contribution in [0, 0.1) is 5.92 Å². The van der Waals surface area contributed by atoms with E-state index in [9.17, 15) is 0 Å². The van der Waals surface area contributed by atoms with Crippen LogP contribution in [0.5, 0.6) is 0 Å². The summed E-state index contributed by atoms with van der Waals surface area (Å²) in [6, 6.07) is 9.47. The van der Waals surface area contributed by atoms with Gasteiger partial charge in [0.25, 0.3) is 0 Å². The summed E-state index contributed by atoms with van der Waals surface area (Å²) in [7, 11) is 0. The average Bonchev–Trinajstić information content (AvgIpc) is 2.83. The molecule has 3 atom stereocenters. The number of halogens is 1. The molecule has 2 aromatic rings. The van der Waals surface area contributed by atoms with Crippen molar-refractivity contribution in [2.24, 2.45) is 5.92 Å². The third-order valence-electron chi connectivity index (χ3n) is 3.94. The zero-order chi connectivity index (χ0) is 12.1. The summed E-state index contributed by atoms with van der Waals surface area (Å²) < 4.78 is 1.09. The van der Waals surface area contributed by atoms with Crippen LogP contribution in [0.15, 0.2) is 34.9 Å². The van der Waals surface area contributed by atoms with Gasteiger partial charge in [0.2, 0.25) is 0 Å². The van der Waals surface area contributed by atoms with E-state index in [4.69, 9.17) is 0 Å². The van der Waals surface area contributed by atoms with E-state index in [1.807, 2.05) is 18.3 Å². The highest BCUT2D eigenvalue weighted by molar-refractivity contribution is 9.10. The van der Waals surface area contributed by atoms with Crippen molar-refractivity contribution in [1.29, 1.82) is 0 Å². The summed E-state index contributed by atoms with van der Waals surface area (Å²) in [5.74, 6) is 1.98. The molecular formula is C14H14BrN3.